The number of hydrogen-bond donors (Lipinski definition) is 1. The summed E-state index contributed by atoms with van der Waals surface area (Å²) in [6.45, 7) is 4.55. The first-order chi connectivity index (χ1) is 12.5. The predicted octanol–water partition coefficient (Wildman–Crippen LogP) is 3.23. The van der Waals surface area contributed by atoms with E-state index in [1.807, 2.05) is 37.3 Å². The van der Waals surface area contributed by atoms with Crippen LogP contribution in [-0.2, 0) is 9.47 Å². The van der Waals surface area contributed by atoms with Crippen molar-refractivity contribution in [2.75, 3.05) is 25.5 Å². The zero-order chi connectivity index (χ0) is 18.7. The zero-order valence-corrected chi connectivity index (χ0v) is 15.7. The number of aryl methyl sites for hydroxylation is 1. The first-order valence-corrected chi connectivity index (χ1v) is 9.07. The number of carbonyl (C=O) groups is 2. The van der Waals surface area contributed by atoms with E-state index in [4.69, 9.17) is 9.47 Å². The summed E-state index contributed by atoms with van der Waals surface area (Å²) >= 11 is 1.07. The van der Waals surface area contributed by atoms with Gasteiger partial charge in [-0.25, -0.2) is 9.59 Å². The quantitative estimate of drug-likeness (QED) is 0.833. The normalized spacial score (nSPS) is 19.9. The van der Waals surface area contributed by atoms with Gasteiger partial charge in [0.05, 0.1) is 25.5 Å². The molecule has 0 spiro atoms. The molecule has 2 amide bonds. The van der Waals surface area contributed by atoms with Crippen LogP contribution in [0.3, 0.4) is 0 Å². The molecular weight excluding hydrogens is 354 g/mol. The minimum absolute atomic E-state index is 0.0945. The van der Waals surface area contributed by atoms with Crippen molar-refractivity contribution in [3.05, 3.63) is 47.2 Å². The SMILES string of the molecule is COC(=O)c1c(C)nsc1NC(=O)N1C[C@@H](C)O[C@@H](c2ccccc2)C1. The van der Waals surface area contributed by atoms with Gasteiger partial charge in [-0.2, -0.15) is 4.37 Å². The Balaban J connectivity index is 1.75. The van der Waals surface area contributed by atoms with Crippen molar-refractivity contribution in [3.8, 4) is 0 Å². The molecule has 1 fully saturated rings. The lowest BCUT2D eigenvalue weighted by Gasteiger charge is -2.36. The van der Waals surface area contributed by atoms with E-state index in [9.17, 15) is 9.59 Å². The van der Waals surface area contributed by atoms with Gasteiger partial charge in [0.2, 0.25) is 0 Å². The van der Waals surface area contributed by atoms with Gasteiger partial charge in [-0.15, -0.1) is 0 Å². The molecule has 1 saturated heterocycles. The van der Waals surface area contributed by atoms with Crippen LogP contribution in [0.5, 0.6) is 0 Å². The monoisotopic (exact) mass is 375 g/mol. The summed E-state index contributed by atoms with van der Waals surface area (Å²) in [6, 6.07) is 9.54. The van der Waals surface area contributed by atoms with Gasteiger partial charge in [0.25, 0.3) is 0 Å². The molecule has 2 aromatic rings. The highest BCUT2D eigenvalue weighted by Gasteiger charge is 2.30. The molecule has 1 aromatic heterocycles. The molecule has 0 radical (unpaired) electrons. The van der Waals surface area contributed by atoms with E-state index < -0.39 is 5.97 Å². The number of urea groups is 1. The van der Waals surface area contributed by atoms with Crippen LogP contribution in [-0.4, -0.2) is 47.6 Å². The lowest BCUT2D eigenvalue weighted by Crippen LogP contribution is -2.47. The lowest BCUT2D eigenvalue weighted by atomic mass is 10.1. The second-order valence-electron chi connectivity index (χ2n) is 6.14. The summed E-state index contributed by atoms with van der Waals surface area (Å²) in [4.78, 5) is 26.4. The molecule has 2 heterocycles. The van der Waals surface area contributed by atoms with Crippen molar-refractivity contribution >= 4 is 28.5 Å². The van der Waals surface area contributed by atoms with Crippen LogP contribution in [0.4, 0.5) is 9.80 Å². The fraction of sp³-hybridized carbons (Fsp3) is 0.389. The van der Waals surface area contributed by atoms with E-state index in [-0.39, 0.29) is 18.2 Å². The van der Waals surface area contributed by atoms with Crippen LogP contribution >= 0.6 is 11.5 Å². The Labute approximate surface area is 156 Å². The van der Waals surface area contributed by atoms with E-state index in [0.717, 1.165) is 17.1 Å². The number of carbonyl (C=O) groups excluding carboxylic acids is 2. The van der Waals surface area contributed by atoms with E-state index in [1.54, 1.807) is 11.8 Å². The third-order valence-electron chi connectivity index (χ3n) is 4.19. The molecule has 26 heavy (non-hydrogen) atoms. The van der Waals surface area contributed by atoms with Gasteiger partial charge in [0.1, 0.15) is 16.7 Å². The average Bonchev–Trinajstić information content (AvgIpc) is 3.01. The molecule has 3 rings (SSSR count). The Bertz CT molecular complexity index is 793. The topological polar surface area (TPSA) is 80.8 Å². The van der Waals surface area contributed by atoms with Crippen LogP contribution < -0.4 is 5.32 Å². The molecule has 7 nitrogen and oxygen atoms in total. The minimum atomic E-state index is -0.510. The van der Waals surface area contributed by atoms with E-state index in [1.165, 1.54) is 7.11 Å². The number of nitrogens with zero attached hydrogens (tertiary/aromatic N) is 2. The highest BCUT2D eigenvalue weighted by molar-refractivity contribution is 7.11. The van der Waals surface area contributed by atoms with Gasteiger partial charge in [-0.1, -0.05) is 30.3 Å². The maximum Gasteiger partial charge on any atom is 0.342 e. The van der Waals surface area contributed by atoms with Crippen LogP contribution in [0, 0.1) is 6.92 Å². The van der Waals surface area contributed by atoms with Crippen LogP contribution in [0.2, 0.25) is 0 Å². The first-order valence-electron chi connectivity index (χ1n) is 8.30. The Morgan fingerprint density at radius 1 is 1.31 bits per heavy atom. The molecule has 8 heteroatoms. The number of aromatic nitrogens is 1. The number of ether oxygens (including phenoxy) is 2. The highest BCUT2D eigenvalue weighted by atomic mass is 32.1. The summed E-state index contributed by atoms with van der Waals surface area (Å²) in [6.07, 6.45) is -0.281. The van der Waals surface area contributed by atoms with E-state index in [0.29, 0.717) is 29.3 Å². The number of methoxy groups -OCH3 is 1. The van der Waals surface area contributed by atoms with Crippen LogP contribution in [0.1, 0.15) is 34.6 Å². The number of esters is 1. The molecule has 2 atom stereocenters. The van der Waals surface area contributed by atoms with Crippen molar-refractivity contribution < 1.29 is 19.1 Å². The number of benzene rings is 1. The van der Waals surface area contributed by atoms with Gasteiger partial charge < -0.3 is 14.4 Å². The van der Waals surface area contributed by atoms with Crippen molar-refractivity contribution in [1.29, 1.82) is 0 Å². The smallest absolute Gasteiger partial charge is 0.342 e. The summed E-state index contributed by atoms with van der Waals surface area (Å²) in [5, 5.41) is 3.19. The van der Waals surface area contributed by atoms with Gasteiger partial charge in [0.15, 0.2) is 0 Å². The van der Waals surface area contributed by atoms with Crippen molar-refractivity contribution in [2.45, 2.75) is 26.1 Å². The molecular formula is C18H21N3O4S. The number of rotatable bonds is 3. The predicted molar refractivity (Wildman–Crippen MR) is 98.5 cm³/mol. The maximum atomic E-state index is 12.7. The van der Waals surface area contributed by atoms with Gasteiger partial charge in [-0.05, 0) is 30.9 Å². The molecule has 0 unspecified atom stereocenters. The molecule has 0 aliphatic carbocycles. The summed E-state index contributed by atoms with van der Waals surface area (Å²) in [5.74, 6) is -0.510. The molecule has 1 N–H and O–H groups in total. The summed E-state index contributed by atoms with van der Waals surface area (Å²) in [7, 11) is 1.30. The van der Waals surface area contributed by atoms with Crippen molar-refractivity contribution in [1.82, 2.24) is 9.27 Å². The van der Waals surface area contributed by atoms with Crippen LogP contribution in [0.15, 0.2) is 30.3 Å². The Kier molecular flexibility index (Phi) is 5.53. The summed E-state index contributed by atoms with van der Waals surface area (Å²) in [5.41, 5.74) is 1.86. The minimum Gasteiger partial charge on any atom is -0.465 e. The lowest BCUT2D eigenvalue weighted by molar-refractivity contribution is -0.0642. The molecule has 138 valence electrons. The van der Waals surface area contributed by atoms with Crippen molar-refractivity contribution in [2.24, 2.45) is 0 Å². The Hall–Kier alpha value is -2.45. The van der Waals surface area contributed by atoms with Crippen LogP contribution in [0.25, 0.3) is 0 Å². The third-order valence-corrected chi connectivity index (χ3v) is 5.05. The van der Waals surface area contributed by atoms with E-state index >= 15 is 0 Å². The average molecular weight is 375 g/mol. The number of hydrogen-bond acceptors (Lipinski definition) is 6. The highest BCUT2D eigenvalue weighted by Crippen LogP contribution is 2.28. The Morgan fingerprint density at radius 2 is 2.04 bits per heavy atom. The molecule has 1 aliphatic rings. The number of morpholine rings is 1. The Morgan fingerprint density at radius 3 is 2.73 bits per heavy atom. The molecule has 0 saturated carbocycles. The van der Waals surface area contributed by atoms with Crippen molar-refractivity contribution in [3.63, 3.8) is 0 Å². The number of amides is 2. The molecule has 0 bridgehead atoms. The molecule has 1 aliphatic heterocycles. The largest absolute Gasteiger partial charge is 0.465 e. The standard InChI is InChI=1S/C18H21N3O4S/c1-11-9-21(10-14(25-11)13-7-5-4-6-8-13)18(23)19-16-15(17(22)24-3)12(2)20-26-16/h4-8,11,14H,9-10H2,1-3H3,(H,19,23)/t11-,14-/m1/s1. The maximum absolute atomic E-state index is 12.7. The third kappa shape index (κ3) is 3.86. The molecule has 1 aromatic carbocycles. The first kappa shape index (κ1) is 18.3. The fourth-order valence-electron chi connectivity index (χ4n) is 2.94. The van der Waals surface area contributed by atoms with E-state index in [2.05, 4.69) is 9.69 Å². The number of nitrogens with one attached hydrogen (secondary N) is 1. The number of anilines is 1. The van der Waals surface area contributed by atoms with Gasteiger partial charge in [0, 0.05) is 6.54 Å². The second kappa shape index (κ2) is 7.84. The second-order valence-corrected chi connectivity index (χ2v) is 6.92. The fourth-order valence-corrected chi connectivity index (χ4v) is 3.72. The zero-order valence-electron chi connectivity index (χ0n) is 14.9. The van der Waals surface area contributed by atoms with Gasteiger partial charge >= 0.3 is 12.0 Å². The summed E-state index contributed by atoms with van der Waals surface area (Å²) < 4.78 is 14.9. The van der Waals surface area contributed by atoms with Gasteiger partial charge in [-0.3, -0.25) is 5.32 Å².